The first-order valence-electron chi connectivity index (χ1n) is 5.92. The van der Waals surface area contributed by atoms with E-state index in [9.17, 15) is 4.79 Å². The molecule has 0 radical (unpaired) electrons. The van der Waals surface area contributed by atoms with Crippen molar-refractivity contribution < 1.29 is 4.52 Å². The van der Waals surface area contributed by atoms with Crippen LogP contribution in [0.1, 0.15) is 0 Å². The third kappa shape index (κ3) is 2.02. The average Bonchev–Trinajstić information content (AvgIpc) is 2.88. The number of halogens is 1. The fourth-order valence-electron chi connectivity index (χ4n) is 1.95. The van der Waals surface area contributed by atoms with E-state index in [-0.39, 0.29) is 11.3 Å². The lowest BCUT2D eigenvalue weighted by atomic mass is 10.1. The van der Waals surface area contributed by atoms with Crippen LogP contribution in [0.25, 0.3) is 22.4 Å². The van der Waals surface area contributed by atoms with Gasteiger partial charge in [-0.3, -0.25) is 9.36 Å². The smallest absolute Gasteiger partial charge is 0.267 e. The molecule has 0 atom stereocenters. The van der Waals surface area contributed by atoms with Crippen molar-refractivity contribution in [2.24, 2.45) is 0 Å². The Bertz CT molecular complexity index is 834. The lowest BCUT2D eigenvalue weighted by Crippen LogP contribution is -2.19. The molecule has 0 spiro atoms. The van der Waals surface area contributed by atoms with Crippen molar-refractivity contribution in [1.29, 1.82) is 0 Å². The molecule has 0 fully saturated rings. The van der Waals surface area contributed by atoms with Crippen LogP contribution < -0.4 is 5.56 Å². The van der Waals surface area contributed by atoms with Crippen LogP contribution in [-0.2, 0) is 6.54 Å². The summed E-state index contributed by atoms with van der Waals surface area (Å²) in [5.41, 5.74) is 1.23. The summed E-state index contributed by atoms with van der Waals surface area (Å²) in [6, 6.07) is 7.03. The van der Waals surface area contributed by atoms with Gasteiger partial charge in [-0.2, -0.15) is 0 Å². The van der Waals surface area contributed by atoms with Crippen molar-refractivity contribution in [1.82, 2.24) is 14.7 Å². The molecule has 0 aliphatic heterocycles. The van der Waals surface area contributed by atoms with Crippen molar-refractivity contribution in [3.63, 3.8) is 0 Å². The van der Waals surface area contributed by atoms with E-state index >= 15 is 0 Å². The van der Waals surface area contributed by atoms with Crippen molar-refractivity contribution in [3.8, 4) is 11.3 Å². The van der Waals surface area contributed by atoms with Crippen molar-refractivity contribution >= 4 is 22.7 Å². The molecule has 100 valence electrons. The largest absolute Gasteiger partial charge is 0.335 e. The molecular formula is C14H10ClN3O2. The van der Waals surface area contributed by atoms with E-state index in [0.29, 0.717) is 22.6 Å². The van der Waals surface area contributed by atoms with E-state index in [4.69, 9.17) is 16.1 Å². The lowest BCUT2D eigenvalue weighted by Gasteiger charge is -2.00. The topological polar surface area (TPSA) is 60.9 Å². The third-order valence-electron chi connectivity index (χ3n) is 2.91. The van der Waals surface area contributed by atoms with Gasteiger partial charge in [-0.05, 0) is 12.1 Å². The van der Waals surface area contributed by atoms with Crippen LogP contribution in [0.15, 0.2) is 52.6 Å². The molecule has 0 N–H and O–H groups in total. The van der Waals surface area contributed by atoms with E-state index in [0.717, 1.165) is 5.56 Å². The van der Waals surface area contributed by atoms with Gasteiger partial charge in [-0.25, -0.2) is 4.98 Å². The van der Waals surface area contributed by atoms with Gasteiger partial charge in [-0.15, -0.1) is 6.58 Å². The monoisotopic (exact) mass is 287 g/mol. The van der Waals surface area contributed by atoms with Crippen LogP contribution >= 0.6 is 11.6 Å². The average molecular weight is 288 g/mol. The zero-order valence-electron chi connectivity index (χ0n) is 10.4. The molecule has 0 aliphatic carbocycles. The van der Waals surface area contributed by atoms with Crippen LogP contribution in [0.3, 0.4) is 0 Å². The number of aromatic nitrogens is 3. The van der Waals surface area contributed by atoms with Gasteiger partial charge in [0.05, 0.1) is 0 Å². The summed E-state index contributed by atoms with van der Waals surface area (Å²) in [5, 5.41) is 4.91. The SMILES string of the molecule is C=CCn1cnc2onc(-c3ccc(Cl)cc3)c2c1=O. The van der Waals surface area contributed by atoms with Gasteiger partial charge in [0.1, 0.15) is 17.4 Å². The highest BCUT2D eigenvalue weighted by Crippen LogP contribution is 2.25. The number of nitrogens with zero attached hydrogens (tertiary/aromatic N) is 3. The first-order chi connectivity index (χ1) is 9.70. The Morgan fingerprint density at radius 1 is 1.35 bits per heavy atom. The number of hydrogen-bond acceptors (Lipinski definition) is 4. The fourth-order valence-corrected chi connectivity index (χ4v) is 2.08. The highest BCUT2D eigenvalue weighted by atomic mass is 35.5. The summed E-state index contributed by atoms with van der Waals surface area (Å²) in [4.78, 5) is 16.5. The van der Waals surface area contributed by atoms with E-state index in [1.807, 2.05) is 0 Å². The standard InChI is InChI=1S/C14H10ClN3O2/c1-2-7-18-8-16-13-11(14(18)19)12(17-20-13)9-3-5-10(15)6-4-9/h2-6,8H,1,7H2. The van der Waals surface area contributed by atoms with Gasteiger partial charge in [0.2, 0.25) is 0 Å². The molecule has 3 aromatic rings. The molecule has 5 nitrogen and oxygen atoms in total. The predicted molar refractivity (Wildman–Crippen MR) is 76.7 cm³/mol. The first-order valence-corrected chi connectivity index (χ1v) is 6.30. The zero-order chi connectivity index (χ0) is 14.1. The normalized spacial score (nSPS) is 10.8. The summed E-state index contributed by atoms with van der Waals surface area (Å²) in [6.07, 6.45) is 3.05. The molecule has 0 saturated carbocycles. The molecule has 0 saturated heterocycles. The minimum absolute atomic E-state index is 0.207. The van der Waals surface area contributed by atoms with E-state index < -0.39 is 0 Å². The molecule has 0 unspecified atom stereocenters. The molecule has 6 heteroatoms. The van der Waals surface area contributed by atoms with Crippen molar-refractivity contribution in [3.05, 3.63) is 58.6 Å². The molecular weight excluding hydrogens is 278 g/mol. The van der Waals surface area contributed by atoms with Crippen LogP contribution in [-0.4, -0.2) is 14.7 Å². The van der Waals surface area contributed by atoms with Gasteiger partial charge in [0, 0.05) is 17.1 Å². The Labute approximate surface area is 119 Å². The summed E-state index contributed by atoms with van der Waals surface area (Å²) in [6.45, 7) is 4.00. The second kappa shape index (κ2) is 4.94. The van der Waals surface area contributed by atoms with Crippen LogP contribution in [0.5, 0.6) is 0 Å². The van der Waals surface area contributed by atoms with E-state index in [1.54, 1.807) is 30.3 Å². The second-order valence-corrected chi connectivity index (χ2v) is 4.65. The molecule has 2 heterocycles. The Hall–Kier alpha value is -2.40. The van der Waals surface area contributed by atoms with Crippen LogP contribution in [0.4, 0.5) is 0 Å². The molecule has 3 rings (SSSR count). The molecule has 20 heavy (non-hydrogen) atoms. The maximum absolute atomic E-state index is 12.4. The van der Waals surface area contributed by atoms with Gasteiger partial charge >= 0.3 is 0 Å². The Morgan fingerprint density at radius 2 is 2.10 bits per heavy atom. The van der Waals surface area contributed by atoms with Gasteiger partial charge in [0.15, 0.2) is 0 Å². The Morgan fingerprint density at radius 3 is 2.80 bits per heavy atom. The number of fused-ring (bicyclic) bond motifs is 1. The maximum Gasteiger partial charge on any atom is 0.267 e. The summed E-state index contributed by atoms with van der Waals surface area (Å²) >= 11 is 5.86. The van der Waals surface area contributed by atoms with Gasteiger partial charge < -0.3 is 4.52 Å². The highest BCUT2D eigenvalue weighted by molar-refractivity contribution is 6.30. The van der Waals surface area contributed by atoms with E-state index in [1.165, 1.54) is 10.9 Å². The summed E-state index contributed by atoms with van der Waals surface area (Å²) in [5.74, 6) is 0. The van der Waals surface area contributed by atoms with Crippen molar-refractivity contribution in [2.75, 3.05) is 0 Å². The third-order valence-corrected chi connectivity index (χ3v) is 3.16. The molecule has 0 aliphatic rings. The van der Waals surface area contributed by atoms with Crippen LogP contribution in [0.2, 0.25) is 5.02 Å². The predicted octanol–water partition coefficient (Wildman–Crippen LogP) is 2.89. The van der Waals surface area contributed by atoms with Crippen LogP contribution in [0, 0.1) is 0 Å². The Kier molecular flexibility index (Phi) is 3.12. The van der Waals surface area contributed by atoms with E-state index in [2.05, 4.69) is 16.7 Å². The maximum atomic E-state index is 12.4. The van der Waals surface area contributed by atoms with Gasteiger partial charge in [-0.1, -0.05) is 35.0 Å². The summed E-state index contributed by atoms with van der Waals surface area (Å²) in [7, 11) is 0. The minimum atomic E-state index is -0.207. The fraction of sp³-hybridized carbons (Fsp3) is 0.0714. The molecule has 0 bridgehead atoms. The minimum Gasteiger partial charge on any atom is -0.335 e. The van der Waals surface area contributed by atoms with Gasteiger partial charge in [0.25, 0.3) is 11.3 Å². The second-order valence-electron chi connectivity index (χ2n) is 4.21. The molecule has 0 amide bonds. The molecule has 1 aromatic carbocycles. The zero-order valence-corrected chi connectivity index (χ0v) is 11.2. The number of hydrogen-bond donors (Lipinski definition) is 0. The Balaban J connectivity index is 2.26. The molecule has 2 aromatic heterocycles. The highest BCUT2D eigenvalue weighted by Gasteiger charge is 2.16. The quantitative estimate of drug-likeness (QED) is 0.695. The number of rotatable bonds is 3. The lowest BCUT2D eigenvalue weighted by molar-refractivity contribution is 0.450. The summed E-state index contributed by atoms with van der Waals surface area (Å²) < 4.78 is 6.56. The number of allylic oxidation sites excluding steroid dienone is 1. The number of benzene rings is 1. The van der Waals surface area contributed by atoms with Crippen molar-refractivity contribution in [2.45, 2.75) is 6.54 Å². The first kappa shape index (κ1) is 12.6.